The van der Waals surface area contributed by atoms with Gasteiger partial charge in [-0.25, -0.2) is 0 Å². The highest BCUT2D eigenvalue weighted by Crippen LogP contribution is 2.49. The molecule has 3 nitrogen and oxygen atoms in total. The van der Waals surface area contributed by atoms with Gasteiger partial charge in [0.2, 0.25) is 0 Å². The van der Waals surface area contributed by atoms with Gasteiger partial charge in [-0.1, -0.05) is 25.5 Å². The van der Waals surface area contributed by atoms with Crippen LogP contribution in [0.3, 0.4) is 0 Å². The van der Waals surface area contributed by atoms with E-state index in [0.29, 0.717) is 11.5 Å². The number of carboxylic acid groups (broad SMARTS) is 1. The lowest BCUT2D eigenvalue weighted by Crippen LogP contribution is -2.27. The number of nitrogens with zero attached hydrogens (tertiary/aromatic N) is 1. The Hall–Kier alpha value is -1.82. The molecule has 1 aromatic rings. The van der Waals surface area contributed by atoms with E-state index < -0.39 is 11.4 Å². The average Bonchev–Trinajstić information content (AvgIpc) is 2.85. The third-order valence-corrected chi connectivity index (χ3v) is 4.30. The molecule has 1 N–H and O–H groups in total. The van der Waals surface area contributed by atoms with E-state index in [4.69, 9.17) is 5.26 Å². The zero-order valence-corrected chi connectivity index (χ0v) is 11.2. The molecule has 0 saturated heterocycles. The first kappa shape index (κ1) is 13.6. The summed E-state index contributed by atoms with van der Waals surface area (Å²) in [5, 5.41) is 18.3. The molecule has 1 aromatic carbocycles. The van der Waals surface area contributed by atoms with Gasteiger partial charge in [-0.15, -0.1) is 0 Å². The van der Waals surface area contributed by atoms with Crippen molar-refractivity contribution in [2.24, 2.45) is 5.41 Å². The molecule has 0 radical (unpaired) electrons. The molecule has 0 aliphatic heterocycles. The normalized spacial score (nSPS) is 26.0. The quantitative estimate of drug-likeness (QED) is 0.894. The molecule has 1 aliphatic rings. The minimum absolute atomic E-state index is 0.315. The zero-order chi connectivity index (χ0) is 13.9. The maximum Gasteiger partial charge on any atom is 0.309 e. The van der Waals surface area contributed by atoms with E-state index in [1.807, 2.05) is 31.2 Å². The summed E-state index contributed by atoms with van der Waals surface area (Å²) < 4.78 is 0. The molecule has 1 fully saturated rings. The summed E-state index contributed by atoms with van der Waals surface area (Å²) >= 11 is 0. The van der Waals surface area contributed by atoms with Crippen LogP contribution < -0.4 is 0 Å². The Labute approximate surface area is 113 Å². The second-order valence-electron chi connectivity index (χ2n) is 5.51. The Bertz CT molecular complexity index is 500. The molecule has 19 heavy (non-hydrogen) atoms. The van der Waals surface area contributed by atoms with Crippen molar-refractivity contribution in [3.63, 3.8) is 0 Å². The number of benzene rings is 1. The van der Waals surface area contributed by atoms with Crippen molar-refractivity contribution in [3.05, 3.63) is 35.4 Å². The fourth-order valence-electron chi connectivity index (χ4n) is 3.25. The summed E-state index contributed by atoms with van der Waals surface area (Å²) in [6, 6.07) is 9.67. The summed E-state index contributed by atoms with van der Waals surface area (Å²) in [6.07, 6.45) is 4.09. The Morgan fingerprint density at radius 2 is 2.16 bits per heavy atom. The van der Waals surface area contributed by atoms with E-state index >= 15 is 0 Å². The summed E-state index contributed by atoms with van der Waals surface area (Å²) in [5.41, 5.74) is 1.28. The predicted molar refractivity (Wildman–Crippen MR) is 72.7 cm³/mol. The molecule has 0 heterocycles. The van der Waals surface area contributed by atoms with E-state index in [1.165, 1.54) is 5.56 Å². The van der Waals surface area contributed by atoms with E-state index in [0.717, 1.165) is 32.1 Å². The Morgan fingerprint density at radius 3 is 2.68 bits per heavy atom. The lowest BCUT2D eigenvalue weighted by atomic mass is 9.80. The first-order valence-corrected chi connectivity index (χ1v) is 6.85. The fraction of sp³-hybridized carbons (Fsp3) is 0.500. The summed E-state index contributed by atoms with van der Waals surface area (Å²) in [4.78, 5) is 11.5. The van der Waals surface area contributed by atoms with Crippen LogP contribution >= 0.6 is 0 Å². The Kier molecular flexibility index (Phi) is 3.90. The summed E-state index contributed by atoms with van der Waals surface area (Å²) in [7, 11) is 0. The zero-order valence-electron chi connectivity index (χ0n) is 11.2. The standard InChI is InChI=1S/C16H19NO2/c1-2-8-16(15(18)19)9-7-14(10-16)13-5-3-12(11-17)4-6-13/h3-6,14H,2,7-10H2,1H3,(H,18,19). The predicted octanol–water partition coefficient (Wildman–Crippen LogP) is 3.70. The molecule has 1 saturated carbocycles. The molecule has 0 amide bonds. The van der Waals surface area contributed by atoms with Gasteiger partial charge in [-0.2, -0.15) is 5.26 Å². The first-order valence-electron chi connectivity index (χ1n) is 6.85. The van der Waals surface area contributed by atoms with Crippen LogP contribution in [-0.4, -0.2) is 11.1 Å². The maximum atomic E-state index is 11.5. The van der Waals surface area contributed by atoms with Gasteiger partial charge in [-0.05, 0) is 49.3 Å². The number of aliphatic carboxylic acids is 1. The van der Waals surface area contributed by atoms with Gasteiger partial charge < -0.3 is 5.11 Å². The van der Waals surface area contributed by atoms with Crippen LogP contribution in [0, 0.1) is 16.7 Å². The van der Waals surface area contributed by atoms with E-state index in [2.05, 4.69) is 6.07 Å². The Morgan fingerprint density at radius 1 is 1.47 bits per heavy atom. The summed E-state index contributed by atoms with van der Waals surface area (Å²) in [6.45, 7) is 2.04. The molecule has 0 bridgehead atoms. The van der Waals surface area contributed by atoms with Gasteiger partial charge in [0.25, 0.3) is 0 Å². The number of hydrogen-bond acceptors (Lipinski definition) is 2. The lowest BCUT2D eigenvalue weighted by Gasteiger charge is -2.23. The van der Waals surface area contributed by atoms with Crippen molar-refractivity contribution in [1.82, 2.24) is 0 Å². The molecule has 3 heteroatoms. The second kappa shape index (κ2) is 5.44. The average molecular weight is 257 g/mol. The molecule has 2 rings (SSSR count). The molecular formula is C16H19NO2. The Balaban J connectivity index is 2.16. The highest BCUT2D eigenvalue weighted by Gasteiger charge is 2.44. The van der Waals surface area contributed by atoms with Gasteiger partial charge in [0.15, 0.2) is 0 Å². The molecular weight excluding hydrogens is 238 g/mol. The molecule has 2 unspecified atom stereocenters. The third-order valence-electron chi connectivity index (χ3n) is 4.30. The molecule has 2 atom stereocenters. The van der Waals surface area contributed by atoms with Crippen LogP contribution in [0.4, 0.5) is 0 Å². The van der Waals surface area contributed by atoms with Crippen molar-refractivity contribution < 1.29 is 9.90 Å². The molecule has 1 aliphatic carbocycles. The van der Waals surface area contributed by atoms with Crippen LogP contribution in [-0.2, 0) is 4.79 Å². The van der Waals surface area contributed by atoms with E-state index in [9.17, 15) is 9.90 Å². The van der Waals surface area contributed by atoms with Crippen LogP contribution in [0.5, 0.6) is 0 Å². The third kappa shape index (κ3) is 2.63. The summed E-state index contributed by atoms with van der Waals surface area (Å²) in [5.74, 6) is -0.333. The number of carboxylic acids is 1. The minimum Gasteiger partial charge on any atom is -0.481 e. The van der Waals surface area contributed by atoms with Crippen LogP contribution in [0.25, 0.3) is 0 Å². The maximum absolute atomic E-state index is 11.5. The number of hydrogen-bond donors (Lipinski definition) is 1. The van der Waals surface area contributed by atoms with Crippen molar-refractivity contribution >= 4 is 5.97 Å². The smallest absolute Gasteiger partial charge is 0.309 e. The van der Waals surface area contributed by atoms with Gasteiger partial charge >= 0.3 is 5.97 Å². The highest BCUT2D eigenvalue weighted by atomic mass is 16.4. The van der Waals surface area contributed by atoms with Crippen LogP contribution in [0.2, 0.25) is 0 Å². The first-order chi connectivity index (χ1) is 9.11. The molecule has 100 valence electrons. The SMILES string of the molecule is CCCC1(C(=O)O)CCC(c2ccc(C#N)cc2)C1. The largest absolute Gasteiger partial charge is 0.481 e. The van der Waals surface area contributed by atoms with Crippen molar-refractivity contribution in [3.8, 4) is 6.07 Å². The lowest BCUT2D eigenvalue weighted by molar-refractivity contribution is -0.149. The van der Waals surface area contributed by atoms with Crippen molar-refractivity contribution in [1.29, 1.82) is 5.26 Å². The van der Waals surface area contributed by atoms with E-state index in [-0.39, 0.29) is 0 Å². The monoisotopic (exact) mass is 257 g/mol. The molecule has 0 spiro atoms. The van der Waals surface area contributed by atoms with Gasteiger partial charge in [0.1, 0.15) is 0 Å². The minimum atomic E-state index is -0.648. The number of carbonyl (C=O) groups is 1. The van der Waals surface area contributed by atoms with E-state index in [1.54, 1.807) is 0 Å². The van der Waals surface area contributed by atoms with Crippen LogP contribution in [0.15, 0.2) is 24.3 Å². The number of nitriles is 1. The van der Waals surface area contributed by atoms with Crippen LogP contribution in [0.1, 0.15) is 56.1 Å². The van der Waals surface area contributed by atoms with Crippen molar-refractivity contribution in [2.45, 2.75) is 44.9 Å². The highest BCUT2D eigenvalue weighted by molar-refractivity contribution is 5.75. The van der Waals surface area contributed by atoms with Gasteiger partial charge in [-0.3, -0.25) is 4.79 Å². The molecule has 0 aromatic heterocycles. The topological polar surface area (TPSA) is 61.1 Å². The fourth-order valence-corrected chi connectivity index (χ4v) is 3.25. The van der Waals surface area contributed by atoms with Crippen molar-refractivity contribution in [2.75, 3.05) is 0 Å². The van der Waals surface area contributed by atoms with Gasteiger partial charge in [0, 0.05) is 0 Å². The number of rotatable bonds is 4. The van der Waals surface area contributed by atoms with Gasteiger partial charge in [0.05, 0.1) is 17.0 Å². The second-order valence-corrected chi connectivity index (χ2v) is 5.51.